The Morgan fingerprint density at radius 3 is 2.56 bits per heavy atom. The van der Waals surface area contributed by atoms with Gasteiger partial charge in [-0.2, -0.15) is 0 Å². The second-order valence-corrected chi connectivity index (χ2v) is 5.21. The van der Waals surface area contributed by atoms with Gasteiger partial charge in [0.1, 0.15) is 0 Å². The van der Waals surface area contributed by atoms with Crippen LogP contribution in [-0.2, 0) is 4.74 Å². The van der Waals surface area contributed by atoms with Gasteiger partial charge < -0.3 is 10.5 Å². The molecule has 3 heteroatoms. The van der Waals surface area contributed by atoms with E-state index >= 15 is 0 Å². The Balaban J connectivity index is 1.75. The molecule has 2 fully saturated rings. The van der Waals surface area contributed by atoms with Crippen molar-refractivity contribution in [3.05, 3.63) is 0 Å². The predicted octanol–water partition coefficient (Wildman–Crippen LogP) is 1.76. The van der Waals surface area contributed by atoms with Gasteiger partial charge in [0.05, 0.1) is 6.10 Å². The van der Waals surface area contributed by atoms with Crippen LogP contribution in [0, 0.1) is 0 Å². The SMILES string of the molecule is NCCCN(CC1CCCCO1)C1CCC1. The van der Waals surface area contributed by atoms with Crippen LogP contribution in [0.5, 0.6) is 0 Å². The van der Waals surface area contributed by atoms with Gasteiger partial charge in [-0.15, -0.1) is 0 Å². The van der Waals surface area contributed by atoms with E-state index in [4.69, 9.17) is 10.5 Å². The number of nitrogens with zero attached hydrogens (tertiary/aromatic N) is 1. The minimum atomic E-state index is 0.493. The maximum atomic E-state index is 5.83. The number of nitrogens with two attached hydrogens (primary N) is 1. The largest absolute Gasteiger partial charge is 0.377 e. The summed E-state index contributed by atoms with van der Waals surface area (Å²) in [6, 6.07) is 0.831. The zero-order valence-electron chi connectivity index (χ0n) is 10.4. The molecule has 0 aromatic carbocycles. The molecule has 2 N–H and O–H groups in total. The van der Waals surface area contributed by atoms with Crippen molar-refractivity contribution in [3.63, 3.8) is 0 Å². The third kappa shape index (κ3) is 3.44. The van der Waals surface area contributed by atoms with Gasteiger partial charge in [0.15, 0.2) is 0 Å². The van der Waals surface area contributed by atoms with E-state index in [2.05, 4.69) is 4.90 Å². The number of ether oxygens (including phenoxy) is 1. The molecule has 2 rings (SSSR count). The summed E-state index contributed by atoms with van der Waals surface area (Å²) in [4.78, 5) is 2.63. The Morgan fingerprint density at radius 2 is 2.00 bits per heavy atom. The Bertz CT molecular complexity index is 188. The monoisotopic (exact) mass is 226 g/mol. The molecule has 2 aliphatic rings. The molecular formula is C13H26N2O. The summed E-state index contributed by atoms with van der Waals surface area (Å²) in [5.41, 5.74) is 5.61. The lowest BCUT2D eigenvalue weighted by atomic mass is 9.90. The number of hydrogen-bond acceptors (Lipinski definition) is 3. The molecule has 1 heterocycles. The molecule has 1 saturated carbocycles. The highest BCUT2D eigenvalue weighted by Gasteiger charge is 2.27. The summed E-state index contributed by atoms with van der Waals surface area (Å²) in [6.45, 7) is 4.10. The minimum absolute atomic E-state index is 0.493. The smallest absolute Gasteiger partial charge is 0.0702 e. The van der Waals surface area contributed by atoms with Crippen LogP contribution >= 0.6 is 0 Å². The van der Waals surface area contributed by atoms with Gasteiger partial charge in [-0.05, 0) is 51.6 Å². The molecule has 1 aliphatic heterocycles. The van der Waals surface area contributed by atoms with E-state index in [1.54, 1.807) is 0 Å². The van der Waals surface area contributed by atoms with Crippen LogP contribution < -0.4 is 5.73 Å². The van der Waals surface area contributed by atoms with Crippen LogP contribution in [0.15, 0.2) is 0 Å². The number of rotatable bonds is 6. The maximum absolute atomic E-state index is 5.83. The summed E-state index contributed by atoms with van der Waals surface area (Å²) < 4.78 is 5.83. The van der Waals surface area contributed by atoms with Gasteiger partial charge in [0.25, 0.3) is 0 Å². The Hall–Kier alpha value is -0.120. The normalized spacial score (nSPS) is 27.0. The van der Waals surface area contributed by atoms with Gasteiger partial charge in [0.2, 0.25) is 0 Å². The quantitative estimate of drug-likeness (QED) is 0.750. The van der Waals surface area contributed by atoms with E-state index in [1.165, 1.54) is 45.1 Å². The first-order valence-corrected chi connectivity index (χ1v) is 6.96. The predicted molar refractivity (Wildman–Crippen MR) is 66.5 cm³/mol. The molecule has 1 unspecified atom stereocenters. The van der Waals surface area contributed by atoms with Crippen LogP contribution in [0.4, 0.5) is 0 Å². The van der Waals surface area contributed by atoms with Gasteiger partial charge >= 0.3 is 0 Å². The van der Waals surface area contributed by atoms with Crippen molar-refractivity contribution in [3.8, 4) is 0 Å². The molecule has 94 valence electrons. The Kier molecular flexibility index (Phi) is 5.07. The lowest BCUT2D eigenvalue weighted by Crippen LogP contribution is -2.46. The second kappa shape index (κ2) is 6.58. The molecule has 3 nitrogen and oxygen atoms in total. The lowest BCUT2D eigenvalue weighted by Gasteiger charge is -2.40. The molecule has 0 bridgehead atoms. The van der Waals surface area contributed by atoms with E-state index in [0.717, 1.165) is 32.2 Å². The van der Waals surface area contributed by atoms with Crippen LogP contribution in [-0.4, -0.2) is 43.3 Å². The van der Waals surface area contributed by atoms with Crippen LogP contribution in [0.1, 0.15) is 44.9 Å². The van der Waals surface area contributed by atoms with Crippen molar-refractivity contribution in [1.82, 2.24) is 4.90 Å². The van der Waals surface area contributed by atoms with Crippen LogP contribution in [0.3, 0.4) is 0 Å². The van der Waals surface area contributed by atoms with Crippen LogP contribution in [0.2, 0.25) is 0 Å². The third-order valence-corrected chi connectivity index (χ3v) is 3.95. The van der Waals surface area contributed by atoms with E-state index in [9.17, 15) is 0 Å². The zero-order valence-corrected chi connectivity index (χ0v) is 10.4. The topological polar surface area (TPSA) is 38.5 Å². The minimum Gasteiger partial charge on any atom is -0.377 e. The lowest BCUT2D eigenvalue weighted by molar-refractivity contribution is -0.0218. The highest BCUT2D eigenvalue weighted by Crippen LogP contribution is 2.26. The van der Waals surface area contributed by atoms with E-state index in [-0.39, 0.29) is 0 Å². The average Bonchev–Trinajstić information content (AvgIpc) is 2.25. The summed E-state index contributed by atoms with van der Waals surface area (Å²) >= 11 is 0. The first kappa shape index (κ1) is 12.3. The molecule has 0 radical (unpaired) electrons. The highest BCUT2D eigenvalue weighted by atomic mass is 16.5. The first-order valence-electron chi connectivity index (χ1n) is 6.96. The van der Waals surface area contributed by atoms with Crippen molar-refractivity contribution >= 4 is 0 Å². The first-order chi connectivity index (χ1) is 7.90. The summed E-state index contributed by atoms with van der Waals surface area (Å²) in [7, 11) is 0. The van der Waals surface area contributed by atoms with Crippen molar-refractivity contribution in [2.24, 2.45) is 5.73 Å². The molecular weight excluding hydrogens is 200 g/mol. The fourth-order valence-electron chi connectivity index (χ4n) is 2.68. The van der Waals surface area contributed by atoms with Gasteiger partial charge in [0, 0.05) is 19.2 Å². The Labute approximate surface area is 99.3 Å². The molecule has 0 aromatic heterocycles. The number of hydrogen-bond donors (Lipinski definition) is 1. The maximum Gasteiger partial charge on any atom is 0.0702 e. The van der Waals surface area contributed by atoms with Gasteiger partial charge in [-0.25, -0.2) is 0 Å². The zero-order chi connectivity index (χ0) is 11.2. The van der Waals surface area contributed by atoms with Crippen molar-refractivity contribution in [1.29, 1.82) is 0 Å². The molecule has 1 atom stereocenters. The summed E-state index contributed by atoms with van der Waals surface area (Å²) in [5, 5.41) is 0. The fourth-order valence-corrected chi connectivity index (χ4v) is 2.68. The standard InChI is InChI=1S/C13H26N2O/c14-8-4-9-15(12-5-3-6-12)11-13-7-1-2-10-16-13/h12-13H,1-11,14H2. The molecule has 1 aliphatic carbocycles. The third-order valence-electron chi connectivity index (χ3n) is 3.95. The molecule has 16 heavy (non-hydrogen) atoms. The molecule has 0 aromatic rings. The molecule has 0 amide bonds. The average molecular weight is 226 g/mol. The van der Waals surface area contributed by atoms with Crippen molar-refractivity contribution < 1.29 is 4.74 Å². The second-order valence-electron chi connectivity index (χ2n) is 5.21. The van der Waals surface area contributed by atoms with Crippen molar-refractivity contribution in [2.45, 2.75) is 57.1 Å². The summed E-state index contributed by atoms with van der Waals surface area (Å²) in [6.07, 6.45) is 9.66. The van der Waals surface area contributed by atoms with Gasteiger partial charge in [-0.3, -0.25) is 4.90 Å². The summed E-state index contributed by atoms with van der Waals surface area (Å²) in [5.74, 6) is 0. The highest BCUT2D eigenvalue weighted by molar-refractivity contribution is 4.82. The van der Waals surface area contributed by atoms with E-state index in [1.807, 2.05) is 0 Å². The van der Waals surface area contributed by atoms with E-state index < -0.39 is 0 Å². The molecule has 0 spiro atoms. The van der Waals surface area contributed by atoms with Crippen LogP contribution in [0.25, 0.3) is 0 Å². The Morgan fingerprint density at radius 1 is 1.12 bits per heavy atom. The van der Waals surface area contributed by atoms with E-state index in [0.29, 0.717) is 6.10 Å². The fraction of sp³-hybridized carbons (Fsp3) is 1.00. The van der Waals surface area contributed by atoms with Gasteiger partial charge in [-0.1, -0.05) is 6.42 Å². The van der Waals surface area contributed by atoms with Crippen molar-refractivity contribution in [2.75, 3.05) is 26.2 Å². The molecule has 1 saturated heterocycles.